The van der Waals surface area contributed by atoms with E-state index in [1.54, 1.807) is 13.0 Å². The van der Waals surface area contributed by atoms with Crippen molar-refractivity contribution in [2.45, 2.75) is 6.92 Å². The van der Waals surface area contributed by atoms with Crippen LogP contribution in [0.4, 0.5) is 8.78 Å². The Morgan fingerprint density at radius 1 is 1.54 bits per heavy atom. The zero-order chi connectivity index (χ0) is 9.84. The van der Waals surface area contributed by atoms with E-state index < -0.39 is 12.5 Å². The lowest BCUT2D eigenvalue weighted by Gasteiger charge is -2.06. The van der Waals surface area contributed by atoms with Crippen LogP contribution in [0.25, 0.3) is 0 Å². The molecule has 0 N–H and O–H groups in total. The molecule has 3 heteroatoms. The van der Waals surface area contributed by atoms with E-state index in [2.05, 4.69) is 0 Å². The van der Waals surface area contributed by atoms with Gasteiger partial charge in [0.1, 0.15) is 11.9 Å². The summed E-state index contributed by atoms with van der Waals surface area (Å²) in [6, 6.07) is 5.69. The minimum absolute atomic E-state index is 0.0506. The van der Waals surface area contributed by atoms with Gasteiger partial charge in [0.15, 0.2) is 0 Å². The molecule has 0 spiro atoms. The molecular weight excluding hydrogens is 172 g/mol. The van der Waals surface area contributed by atoms with Crippen LogP contribution in [-0.2, 0) is 0 Å². The first-order chi connectivity index (χ1) is 6.19. The molecule has 1 aromatic carbocycles. The molecule has 0 saturated heterocycles. The Labute approximate surface area is 75.6 Å². The van der Waals surface area contributed by atoms with E-state index in [1.807, 2.05) is 0 Å². The Balaban J connectivity index is 3.08. The first-order valence-electron chi connectivity index (χ1n) is 3.77. The van der Waals surface area contributed by atoms with Crippen LogP contribution in [-0.4, -0.2) is 6.67 Å². The van der Waals surface area contributed by atoms with Crippen molar-refractivity contribution in [2.75, 3.05) is 6.67 Å². The highest BCUT2D eigenvalue weighted by Crippen LogP contribution is 2.17. The maximum Gasteiger partial charge on any atom is 0.140 e. The van der Waals surface area contributed by atoms with Gasteiger partial charge in [-0.05, 0) is 17.7 Å². The second-order valence-electron chi connectivity index (χ2n) is 2.72. The van der Waals surface area contributed by atoms with Crippen LogP contribution < -0.4 is 0 Å². The molecule has 0 amide bonds. The van der Waals surface area contributed by atoms with Gasteiger partial charge in [0.25, 0.3) is 0 Å². The van der Waals surface area contributed by atoms with E-state index in [4.69, 9.17) is 5.26 Å². The molecule has 1 aromatic rings. The zero-order valence-electron chi connectivity index (χ0n) is 7.14. The van der Waals surface area contributed by atoms with Gasteiger partial charge in [-0.25, -0.2) is 4.39 Å². The van der Waals surface area contributed by atoms with E-state index in [0.29, 0.717) is 11.5 Å². The summed E-state index contributed by atoms with van der Waals surface area (Å²) in [7, 11) is 0. The molecule has 0 bridgehead atoms. The summed E-state index contributed by atoms with van der Waals surface area (Å²) in [6.07, 6.45) is 0. The molecule has 0 aliphatic rings. The fourth-order valence-electron chi connectivity index (χ4n) is 0.954. The summed E-state index contributed by atoms with van der Waals surface area (Å²) in [5.41, 5.74) is 0.519. The molecule has 1 rings (SSSR count). The molecule has 0 heterocycles. The van der Waals surface area contributed by atoms with Crippen LogP contribution in [0.3, 0.4) is 0 Å². The maximum atomic E-state index is 12.8. The summed E-state index contributed by atoms with van der Waals surface area (Å²) in [4.78, 5) is 0. The van der Waals surface area contributed by atoms with Gasteiger partial charge in [0.05, 0.1) is 12.2 Å². The molecule has 0 unspecified atom stereocenters. The average molecular weight is 180 g/mol. The summed E-state index contributed by atoms with van der Waals surface area (Å²) in [5.74, 6) is -0.0746. The van der Waals surface area contributed by atoms with Crippen molar-refractivity contribution >= 4 is 0 Å². The highest BCUT2D eigenvalue weighted by molar-refractivity contribution is 5.39. The lowest BCUT2D eigenvalue weighted by atomic mass is 10.0. The van der Waals surface area contributed by atoms with Crippen LogP contribution in [0, 0.1) is 23.1 Å². The van der Waals surface area contributed by atoms with E-state index in [0.717, 1.165) is 0 Å². The Kier molecular flexibility index (Phi) is 2.97. The van der Waals surface area contributed by atoms with Crippen molar-refractivity contribution in [1.29, 1.82) is 5.26 Å². The van der Waals surface area contributed by atoms with Crippen LogP contribution >= 0.6 is 0 Å². The molecular formula is C10H8F2N. The van der Waals surface area contributed by atoms with Crippen molar-refractivity contribution in [1.82, 2.24) is 0 Å². The minimum Gasteiger partial charge on any atom is -0.250 e. The van der Waals surface area contributed by atoms with Gasteiger partial charge < -0.3 is 0 Å². The number of benzene rings is 1. The topological polar surface area (TPSA) is 23.8 Å². The molecule has 0 aromatic heterocycles. The van der Waals surface area contributed by atoms with Crippen molar-refractivity contribution in [2.24, 2.45) is 0 Å². The molecule has 0 aliphatic carbocycles. The number of halogens is 2. The van der Waals surface area contributed by atoms with Crippen molar-refractivity contribution in [3.8, 4) is 6.07 Å². The first kappa shape index (κ1) is 9.66. The molecule has 1 nitrogen and oxygen atoms in total. The quantitative estimate of drug-likeness (QED) is 0.686. The number of rotatable bonds is 2. The Morgan fingerprint density at radius 3 is 2.77 bits per heavy atom. The zero-order valence-corrected chi connectivity index (χ0v) is 7.14. The number of hydrogen-bond donors (Lipinski definition) is 0. The average Bonchev–Trinajstić information content (AvgIpc) is 2.17. The fraction of sp³-hybridized carbons (Fsp3) is 0.200. The van der Waals surface area contributed by atoms with Gasteiger partial charge in [-0.2, -0.15) is 5.26 Å². The third-order valence-corrected chi connectivity index (χ3v) is 1.78. The van der Waals surface area contributed by atoms with Gasteiger partial charge in [-0.3, -0.25) is 4.39 Å². The largest absolute Gasteiger partial charge is 0.250 e. The number of nitriles is 1. The summed E-state index contributed by atoms with van der Waals surface area (Å²) in [5, 5.41) is 8.50. The van der Waals surface area contributed by atoms with Crippen LogP contribution in [0.1, 0.15) is 18.1 Å². The van der Waals surface area contributed by atoms with Crippen molar-refractivity contribution in [3.63, 3.8) is 0 Å². The van der Waals surface area contributed by atoms with Gasteiger partial charge in [-0.15, -0.1) is 0 Å². The van der Waals surface area contributed by atoms with Crippen molar-refractivity contribution < 1.29 is 8.78 Å². The van der Waals surface area contributed by atoms with Gasteiger partial charge >= 0.3 is 0 Å². The van der Waals surface area contributed by atoms with E-state index >= 15 is 0 Å². The fourth-order valence-corrected chi connectivity index (χ4v) is 0.954. The Bertz CT molecular complexity index is 341. The van der Waals surface area contributed by atoms with Crippen LogP contribution in [0.2, 0.25) is 0 Å². The standard InChI is InChI=1S/C10H8F2N/c1-7(5-11)8-2-3-10(12)9(4-8)6-13/h2-4H,5H2,1H3. The number of hydrogen-bond acceptors (Lipinski definition) is 1. The predicted molar refractivity (Wildman–Crippen MR) is 45.1 cm³/mol. The third kappa shape index (κ3) is 2.03. The van der Waals surface area contributed by atoms with E-state index in [9.17, 15) is 8.78 Å². The highest BCUT2D eigenvalue weighted by Gasteiger charge is 2.08. The smallest absolute Gasteiger partial charge is 0.140 e. The monoisotopic (exact) mass is 180 g/mol. The minimum atomic E-state index is -0.587. The van der Waals surface area contributed by atoms with E-state index in [-0.39, 0.29) is 5.56 Å². The third-order valence-electron chi connectivity index (χ3n) is 1.78. The van der Waals surface area contributed by atoms with Crippen molar-refractivity contribution in [3.05, 3.63) is 41.1 Å². The van der Waals surface area contributed by atoms with Gasteiger partial charge in [0.2, 0.25) is 0 Å². The molecule has 0 fully saturated rings. The summed E-state index contributed by atoms with van der Waals surface area (Å²) >= 11 is 0. The predicted octanol–water partition coefficient (Wildman–Crippen LogP) is 2.61. The lowest BCUT2D eigenvalue weighted by molar-refractivity contribution is 0.515. The molecule has 67 valence electrons. The first-order valence-corrected chi connectivity index (χ1v) is 3.77. The highest BCUT2D eigenvalue weighted by atomic mass is 19.1. The second kappa shape index (κ2) is 3.99. The van der Waals surface area contributed by atoms with Gasteiger partial charge in [-0.1, -0.05) is 13.0 Å². The van der Waals surface area contributed by atoms with Crippen LogP contribution in [0.5, 0.6) is 0 Å². The normalized spacial score (nSPS) is 10.1. The lowest BCUT2D eigenvalue weighted by Crippen LogP contribution is -1.98. The van der Waals surface area contributed by atoms with E-state index in [1.165, 1.54) is 18.2 Å². The number of nitrogens with zero attached hydrogens (tertiary/aromatic N) is 1. The molecule has 0 saturated carbocycles. The Morgan fingerprint density at radius 2 is 2.23 bits per heavy atom. The summed E-state index contributed by atoms with van der Waals surface area (Å²) < 4.78 is 25.0. The maximum absolute atomic E-state index is 12.8. The number of alkyl halides is 1. The molecule has 0 aliphatic heterocycles. The second-order valence-corrected chi connectivity index (χ2v) is 2.72. The summed E-state index contributed by atoms with van der Waals surface area (Å²) in [6.45, 7) is 1.02. The van der Waals surface area contributed by atoms with Crippen LogP contribution in [0.15, 0.2) is 18.2 Å². The molecule has 13 heavy (non-hydrogen) atoms. The Hall–Kier alpha value is -1.43. The molecule has 0 atom stereocenters. The molecule has 1 radical (unpaired) electrons. The van der Waals surface area contributed by atoms with Gasteiger partial charge in [0, 0.05) is 5.92 Å². The SMILES string of the molecule is C[C](CF)c1ccc(F)c(C#N)c1.